The quantitative estimate of drug-likeness (QED) is 0.171. The van der Waals surface area contributed by atoms with Crippen molar-refractivity contribution in [3.8, 4) is 11.5 Å². The zero-order valence-electron chi connectivity index (χ0n) is 27.6. The normalized spacial score (nSPS) is 14.7. The minimum absolute atomic E-state index is 0.176. The molecule has 8 nitrogen and oxygen atoms in total. The third kappa shape index (κ3) is 5.84. The molecule has 1 amide bonds. The van der Waals surface area contributed by atoms with Crippen molar-refractivity contribution < 1.29 is 14.3 Å². The molecule has 6 rings (SSSR count). The molecule has 48 heavy (non-hydrogen) atoms. The third-order valence-corrected chi connectivity index (χ3v) is 10.5. The summed E-state index contributed by atoms with van der Waals surface area (Å²) in [6.45, 7) is 9.31. The standard InChI is InChI=1S/C37H36Cl2N4O4S/c1-7-41(8-2)36(45)33-21(3)40-37-43(34(33)28-18-25(46-5)15-16-31(28)47-6)35(44)32(48-37)19-27-22(4)42(30-12-10-9-11-26(27)30)20-23-13-14-24(38)17-29(23)39/h9-19,34H,7-8,20H2,1-6H3/b32-19+/t34-/m0/s1. The zero-order valence-corrected chi connectivity index (χ0v) is 30.0. The van der Waals surface area contributed by atoms with Gasteiger partial charge in [0.15, 0.2) is 4.80 Å². The molecule has 1 aliphatic heterocycles. The summed E-state index contributed by atoms with van der Waals surface area (Å²) in [5, 5.41) is 2.18. The van der Waals surface area contributed by atoms with Gasteiger partial charge in [-0.1, -0.05) is 58.8 Å². The predicted octanol–water partition coefficient (Wildman–Crippen LogP) is 6.74. The number of aromatic nitrogens is 2. The Hall–Kier alpha value is -4.31. The number of halogens is 2. The third-order valence-electron chi connectivity index (χ3n) is 8.93. The van der Waals surface area contributed by atoms with Gasteiger partial charge in [-0.05, 0) is 75.7 Å². The molecule has 0 saturated carbocycles. The Balaban J connectivity index is 1.58. The van der Waals surface area contributed by atoms with E-state index in [-0.39, 0.29) is 11.5 Å². The van der Waals surface area contributed by atoms with Crippen LogP contribution in [0.25, 0.3) is 17.0 Å². The maximum atomic E-state index is 14.6. The van der Waals surface area contributed by atoms with Gasteiger partial charge in [0.05, 0.1) is 30.0 Å². The van der Waals surface area contributed by atoms with E-state index >= 15 is 0 Å². The summed E-state index contributed by atoms with van der Waals surface area (Å²) in [5.41, 5.74) is 5.23. The van der Waals surface area contributed by atoms with E-state index in [9.17, 15) is 9.59 Å². The van der Waals surface area contributed by atoms with Gasteiger partial charge in [-0.3, -0.25) is 14.2 Å². The van der Waals surface area contributed by atoms with E-state index in [2.05, 4.69) is 16.7 Å². The number of para-hydroxylation sites is 1. The Bertz CT molecular complexity index is 2280. The highest BCUT2D eigenvalue weighted by atomic mass is 35.5. The first-order valence-corrected chi connectivity index (χ1v) is 17.2. The molecule has 0 bridgehead atoms. The predicted molar refractivity (Wildman–Crippen MR) is 193 cm³/mol. The van der Waals surface area contributed by atoms with Crippen molar-refractivity contribution in [1.29, 1.82) is 0 Å². The molecular formula is C37H36Cl2N4O4S. The number of allylic oxidation sites excluding steroid dienone is 1. The molecule has 0 N–H and O–H groups in total. The molecule has 2 aromatic heterocycles. The number of nitrogens with zero attached hydrogens (tertiary/aromatic N) is 4. The van der Waals surface area contributed by atoms with Gasteiger partial charge in [0, 0.05) is 57.4 Å². The van der Waals surface area contributed by atoms with E-state index in [1.807, 2.05) is 64.1 Å². The first kappa shape index (κ1) is 33.6. The molecule has 1 atom stereocenters. The summed E-state index contributed by atoms with van der Waals surface area (Å²) in [4.78, 5) is 35.8. The molecule has 0 fully saturated rings. The number of amides is 1. The molecule has 0 aliphatic carbocycles. The largest absolute Gasteiger partial charge is 0.497 e. The van der Waals surface area contributed by atoms with Crippen LogP contribution in [0.5, 0.6) is 11.5 Å². The minimum atomic E-state index is -0.781. The van der Waals surface area contributed by atoms with Crippen LogP contribution in [0.4, 0.5) is 0 Å². The second kappa shape index (κ2) is 13.7. The first-order chi connectivity index (χ1) is 23.1. The molecule has 11 heteroatoms. The Kier molecular flexibility index (Phi) is 9.56. The summed E-state index contributed by atoms with van der Waals surface area (Å²) < 4.78 is 15.7. The molecule has 3 heterocycles. The van der Waals surface area contributed by atoms with Crippen molar-refractivity contribution in [2.24, 2.45) is 4.99 Å². The van der Waals surface area contributed by atoms with Crippen LogP contribution in [0.1, 0.15) is 49.2 Å². The second-order valence-electron chi connectivity index (χ2n) is 11.5. The monoisotopic (exact) mass is 702 g/mol. The van der Waals surface area contributed by atoms with E-state index in [4.69, 9.17) is 37.7 Å². The number of ether oxygens (including phenoxy) is 2. The minimum Gasteiger partial charge on any atom is -0.497 e. The van der Waals surface area contributed by atoms with Crippen LogP contribution in [0.2, 0.25) is 10.0 Å². The van der Waals surface area contributed by atoms with Gasteiger partial charge in [-0.15, -0.1) is 0 Å². The highest BCUT2D eigenvalue weighted by Crippen LogP contribution is 2.38. The fourth-order valence-electron chi connectivity index (χ4n) is 6.42. The SMILES string of the molecule is CCN(CC)C(=O)C1=C(C)N=c2s/c(=C/c3c(C)n(Cc4ccc(Cl)cc4Cl)c4ccccc34)c(=O)n2[C@H]1c1cc(OC)ccc1OC. The number of benzene rings is 3. The lowest BCUT2D eigenvalue weighted by atomic mass is 9.93. The van der Waals surface area contributed by atoms with E-state index in [1.165, 1.54) is 11.3 Å². The zero-order chi connectivity index (χ0) is 34.3. The van der Waals surface area contributed by atoms with Gasteiger partial charge in [-0.2, -0.15) is 0 Å². The lowest BCUT2D eigenvalue weighted by Gasteiger charge is -2.30. The number of carbonyl (C=O) groups excluding carboxylic acids is 1. The first-order valence-electron chi connectivity index (χ1n) is 15.7. The van der Waals surface area contributed by atoms with Crippen LogP contribution in [-0.4, -0.2) is 47.3 Å². The van der Waals surface area contributed by atoms with Crippen molar-refractivity contribution in [1.82, 2.24) is 14.0 Å². The van der Waals surface area contributed by atoms with Crippen LogP contribution in [0.15, 0.2) is 81.7 Å². The number of likely N-dealkylation sites (N-methyl/N-ethyl adjacent to an activating group) is 1. The summed E-state index contributed by atoms with van der Waals surface area (Å²) in [5.74, 6) is 0.946. The number of hydrogen-bond donors (Lipinski definition) is 0. The van der Waals surface area contributed by atoms with E-state index in [0.29, 0.717) is 67.3 Å². The topological polar surface area (TPSA) is 78.1 Å². The highest BCUT2D eigenvalue weighted by Gasteiger charge is 2.36. The van der Waals surface area contributed by atoms with Crippen molar-refractivity contribution in [2.75, 3.05) is 27.3 Å². The fraction of sp³-hybridized carbons (Fsp3) is 0.270. The second-order valence-corrected chi connectivity index (χ2v) is 13.4. The lowest BCUT2D eigenvalue weighted by molar-refractivity contribution is -0.127. The number of rotatable bonds is 9. The molecular weight excluding hydrogens is 667 g/mol. The summed E-state index contributed by atoms with van der Waals surface area (Å²) in [7, 11) is 3.16. The van der Waals surface area contributed by atoms with E-state index in [0.717, 1.165) is 27.7 Å². The molecule has 3 aromatic carbocycles. The summed E-state index contributed by atoms with van der Waals surface area (Å²) in [6, 6.07) is 18.3. The van der Waals surface area contributed by atoms with Crippen LogP contribution >= 0.6 is 34.5 Å². The highest BCUT2D eigenvalue weighted by molar-refractivity contribution is 7.07. The van der Waals surface area contributed by atoms with Crippen molar-refractivity contribution in [3.63, 3.8) is 0 Å². The van der Waals surface area contributed by atoms with Gasteiger partial charge in [-0.25, -0.2) is 4.99 Å². The van der Waals surface area contributed by atoms with Gasteiger partial charge < -0.3 is 18.9 Å². The number of methoxy groups -OCH3 is 2. The molecule has 248 valence electrons. The van der Waals surface area contributed by atoms with E-state index < -0.39 is 6.04 Å². The summed E-state index contributed by atoms with van der Waals surface area (Å²) >= 11 is 14.1. The average Bonchev–Trinajstić information content (AvgIpc) is 3.53. The van der Waals surface area contributed by atoms with E-state index in [1.54, 1.807) is 41.9 Å². The van der Waals surface area contributed by atoms with Crippen LogP contribution in [-0.2, 0) is 11.3 Å². The number of thiazole rings is 1. The Morgan fingerprint density at radius 1 is 1.02 bits per heavy atom. The molecule has 1 aliphatic rings. The van der Waals surface area contributed by atoms with Crippen LogP contribution < -0.4 is 24.4 Å². The fourth-order valence-corrected chi connectivity index (χ4v) is 7.92. The number of fused-ring (bicyclic) bond motifs is 2. The lowest BCUT2D eigenvalue weighted by Crippen LogP contribution is -2.43. The van der Waals surface area contributed by atoms with Crippen LogP contribution in [0.3, 0.4) is 0 Å². The van der Waals surface area contributed by atoms with Gasteiger partial charge in [0.1, 0.15) is 17.5 Å². The molecule has 0 saturated heterocycles. The summed E-state index contributed by atoms with van der Waals surface area (Å²) in [6.07, 6.45) is 1.94. The average molecular weight is 704 g/mol. The maximum absolute atomic E-state index is 14.6. The number of carbonyl (C=O) groups is 1. The van der Waals surface area contributed by atoms with Crippen molar-refractivity contribution in [3.05, 3.63) is 124 Å². The van der Waals surface area contributed by atoms with Crippen LogP contribution in [0, 0.1) is 6.92 Å². The molecule has 0 radical (unpaired) electrons. The Labute approximate surface area is 292 Å². The van der Waals surface area contributed by atoms with Gasteiger partial charge >= 0.3 is 0 Å². The molecule has 5 aromatic rings. The van der Waals surface area contributed by atoms with Crippen molar-refractivity contribution >= 4 is 57.4 Å². The maximum Gasteiger partial charge on any atom is 0.271 e. The van der Waals surface area contributed by atoms with Gasteiger partial charge in [0.2, 0.25) is 0 Å². The smallest absolute Gasteiger partial charge is 0.271 e. The molecule has 0 spiro atoms. The number of hydrogen-bond acceptors (Lipinski definition) is 6. The molecule has 0 unspecified atom stereocenters. The van der Waals surface area contributed by atoms with Gasteiger partial charge in [0.25, 0.3) is 11.5 Å². The van der Waals surface area contributed by atoms with Crippen molar-refractivity contribution in [2.45, 2.75) is 40.3 Å². The Morgan fingerprint density at radius 3 is 2.46 bits per heavy atom. The Morgan fingerprint density at radius 2 is 1.77 bits per heavy atom.